The molecule has 0 radical (unpaired) electrons. The van der Waals surface area contributed by atoms with Crippen molar-refractivity contribution < 1.29 is 21.5 Å². The minimum Gasteiger partial charge on any atom is -1.00 e. The van der Waals surface area contributed by atoms with E-state index in [2.05, 4.69) is 42.8 Å². The van der Waals surface area contributed by atoms with Crippen molar-refractivity contribution in [3.8, 4) is 0 Å². The highest BCUT2D eigenvalue weighted by molar-refractivity contribution is 4.97. The number of aromatic nitrogens is 1. The molecule has 1 aromatic heterocycles. The fraction of sp³-hybridized carbons (Fsp3) is 0.773. The molecule has 0 aliphatic carbocycles. The summed E-state index contributed by atoms with van der Waals surface area (Å²) in [5.74, 6) is 0. The van der Waals surface area contributed by atoms with Crippen LogP contribution in [-0.2, 0) is 13.0 Å². The third kappa shape index (κ3) is 12.1. The van der Waals surface area contributed by atoms with Gasteiger partial charge in [0.05, 0.1) is 0 Å². The second-order valence-electron chi connectivity index (χ2n) is 7.02. The predicted molar refractivity (Wildman–Crippen MR) is 102 cm³/mol. The zero-order valence-corrected chi connectivity index (χ0v) is 17.8. The van der Waals surface area contributed by atoms with Crippen molar-refractivity contribution in [3.05, 3.63) is 30.1 Å². The monoisotopic (exact) mass is 397 g/mol. The topological polar surface area (TPSA) is 3.88 Å². The van der Waals surface area contributed by atoms with Gasteiger partial charge in [-0.05, 0) is 6.42 Å². The van der Waals surface area contributed by atoms with E-state index in [4.69, 9.17) is 0 Å². The Labute approximate surface area is 162 Å². The summed E-state index contributed by atoms with van der Waals surface area (Å²) in [5.41, 5.74) is 1.52. The first-order valence-corrected chi connectivity index (χ1v) is 10.4. The van der Waals surface area contributed by atoms with Crippen molar-refractivity contribution in [1.29, 1.82) is 0 Å². The summed E-state index contributed by atoms with van der Waals surface area (Å²) in [7, 11) is 0. The number of nitrogens with zero attached hydrogens (tertiary/aromatic N) is 1. The SMILES string of the molecule is CCCCCCCCCCCCCc1cccc[n+]1CCCC.[Br-]. The molecule has 0 saturated carbocycles. The van der Waals surface area contributed by atoms with E-state index < -0.39 is 0 Å². The fourth-order valence-corrected chi connectivity index (χ4v) is 3.26. The van der Waals surface area contributed by atoms with E-state index in [1.807, 2.05) is 0 Å². The third-order valence-corrected chi connectivity index (χ3v) is 4.82. The second-order valence-corrected chi connectivity index (χ2v) is 7.02. The van der Waals surface area contributed by atoms with Crippen LogP contribution in [0.4, 0.5) is 0 Å². The molecule has 0 aromatic carbocycles. The van der Waals surface area contributed by atoms with Gasteiger partial charge >= 0.3 is 0 Å². The zero-order chi connectivity index (χ0) is 16.6. The number of hydrogen-bond acceptors (Lipinski definition) is 0. The van der Waals surface area contributed by atoms with Crippen LogP contribution < -0.4 is 21.5 Å². The number of hydrogen-bond donors (Lipinski definition) is 0. The maximum Gasteiger partial charge on any atom is 0.181 e. The molecule has 0 saturated heterocycles. The average Bonchev–Trinajstić information content (AvgIpc) is 2.58. The van der Waals surface area contributed by atoms with Crippen LogP contribution in [0.15, 0.2) is 24.4 Å². The summed E-state index contributed by atoms with van der Waals surface area (Å²) in [6.45, 7) is 5.75. The van der Waals surface area contributed by atoms with Crippen LogP contribution in [0.5, 0.6) is 0 Å². The molecular formula is C22H40BrN. The van der Waals surface area contributed by atoms with E-state index in [9.17, 15) is 0 Å². The molecule has 1 aromatic rings. The first kappa shape index (κ1) is 23.6. The average molecular weight is 398 g/mol. The Morgan fingerprint density at radius 3 is 1.79 bits per heavy atom. The first-order chi connectivity index (χ1) is 11.4. The lowest BCUT2D eigenvalue weighted by molar-refractivity contribution is -0.704. The van der Waals surface area contributed by atoms with Gasteiger partial charge in [-0.15, -0.1) is 0 Å². The molecule has 140 valence electrons. The van der Waals surface area contributed by atoms with Gasteiger partial charge in [-0.1, -0.05) is 90.5 Å². The molecule has 24 heavy (non-hydrogen) atoms. The highest BCUT2D eigenvalue weighted by atomic mass is 79.9. The van der Waals surface area contributed by atoms with Crippen LogP contribution in [0.2, 0.25) is 0 Å². The lowest BCUT2D eigenvalue weighted by atomic mass is 10.0. The molecule has 0 N–H and O–H groups in total. The predicted octanol–water partition coefficient (Wildman–Crippen LogP) is 3.63. The molecule has 2 heteroatoms. The van der Waals surface area contributed by atoms with Crippen LogP contribution in [0.3, 0.4) is 0 Å². The normalized spacial score (nSPS) is 10.6. The van der Waals surface area contributed by atoms with E-state index in [1.165, 1.54) is 102 Å². The molecule has 1 nitrogen and oxygen atoms in total. The lowest BCUT2D eigenvalue weighted by Gasteiger charge is -2.04. The van der Waals surface area contributed by atoms with Gasteiger partial charge in [0.25, 0.3) is 0 Å². The van der Waals surface area contributed by atoms with Crippen molar-refractivity contribution in [2.24, 2.45) is 0 Å². The molecule has 1 heterocycles. The Kier molecular flexibility index (Phi) is 17.2. The Bertz CT molecular complexity index is 378. The number of unbranched alkanes of at least 4 members (excludes halogenated alkanes) is 11. The van der Waals surface area contributed by atoms with Crippen molar-refractivity contribution in [3.63, 3.8) is 0 Å². The van der Waals surface area contributed by atoms with E-state index in [0.29, 0.717) is 0 Å². The second kappa shape index (κ2) is 17.5. The maximum absolute atomic E-state index is 2.46. The van der Waals surface area contributed by atoms with Gasteiger partial charge in [0.2, 0.25) is 0 Å². The molecule has 0 unspecified atom stereocenters. The van der Waals surface area contributed by atoms with Crippen molar-refractivity contribution in [2.75, 3.05) is 0 Å². The number of pyridine rings is 1. The molecule has 0 bridgehead atoms. The Morgan fingerprint density at radius 1 is 0.667 bits per heavy atom. The van der Waals surface area contributed by atoms with Gasteiger partial charge < -0.3 is 17.0 Å². The first-order valence-electron chi connectivity index (χ1n) is 10.4. The minimum atomic E-state index is 0. The van der Waals surface area contributed by atoms with E-state index in [1.54, 1.807) is 0 Å². The molecular weight excluding hydrogens is 358 g/mol. The maximum atomic E-state index is 2.46. The summed E-state index contributed by atoms with van der Waals surface area (Å²) in [5, 5.41) is 0. The Morgan fingerprint density at radius 2 is 1.21 bits per heavy atom. The van der Waals surface area contributed by atoms with Crippen molar-refractivity contribution in [2.45, 2.75) is 110 Å². The van der Waals surface area contributed by atoms with E-state index in [-0.39, 0.29) is 17.0 Å². The summed E-state index contributed by atoms with van der Waals surface area (Å²) in [4.78, 5) is 0. The third-order valence-electron chi connectivity index (χ3n) is 4.82. The molecule has 0 spiro atoms. The minimum absolute atomic E-state index is 0. The van der Waals surface area contributed by atoms with Crippen molar-refractivity contribution >= 4 is 0 Å². The smallest absolute Gasteiger partial charge is 0.181 e. The van der Waals surface area contributed by atoms with Gasteiger partial charge in [-0.3, -0.25) is 0 Å². The fourth-order valence-electron chi connectivity index (χ4n) is 3.26. The standard InChI is InChI=1S/C22H40N.BrH/c1-3-5-7-8-9-10-11-12-13-14-15-18-22-19-16-17-21-23(22)20-6-4-2;/h16-17,19,21H,3-15,18,20H2,1-2H3;1H/q+1;/p-1. The highest BCUT2D eigenvalue weighted by Crippen LogP contribution is 2.12. The number of rotatable bonds is 15. The van der Waals surface area contributed by atoms with Gasteiger partial charge in [0.15, 0.2) is 11.9 Å². The molecule has 0 amide bonds. The number of halogens is 1. The van der Waals surface area contributed by atoms with E-state index >= 15 is 0 Å². The van der Waals surface area contributed by atoms with Gasteiger partial charge in [0, 0.05) is 25.0 Å². The highest BCUT2D eigenvalue weighted by Gasteiger charge is 2.08. The summed E-state index contributed by atoms with van der Waals surface area (Å²) in [6, 6.07) is 6.67. The van der Waals surface area contributed by atoms with E-state index in [0.717, 1.165) is 0 Å². The summed E-state index contributed by atoms with van der Waals surface area (Å²) < 4.78 is 2.46. The molecule has 1 rings (SSSR count). The quantitative estimate of drug-likeness (QED) is 0.314. The van der Waals surface area contributed by atoms with Crippen LogP contribution in [0.1, 0.15) is 103 Å². The molecule has 0 atom stereocenters. The Balaban J connectivity index is 0.00000529. The van der Waals surface area contributed by atoms with Crippen LogP contribution in [0, 0.1) is 0 Å². The van der Waals surface area contributed by atoms with Crippen LogP contribution in [0.25, 0.3) is 0 Å². The van der Waals surface area contributed by atoms with Gasteiger partial charge in [0.1, 0.15) is 6.54 Å². The lowest BCUT2D eigenvalue weighted by Crippen LogP contribution is -3.00. The summed E-state index contributed by atoms with van der Waals surface area (Å²) >= 11 is 0. The largest absolute Gasteiger partial charge is 1.00 e. The van der Waals surface area contributed by atoms with Gasteiger partial charge in [-0.25, -0.2) is 4.57 Å². The molecule has 0 fully saturated rings. The van der Waals surface area contributed by atoms with Crippen LogP contribution >= 0.6 is 0 Å². The zero-order valence-electron chi connectivity index (χ0n) is 16.2. The van der Waals surface area contributed by atoms with Crippen LogP contribution in [-0.4, -0.2) is 0 Å². The molecule has 0 aliphatic rings. The van der Waals surface area contributed by atoms with Crippen molar-refractivity contribution in [1.82, 2.24) is 0 Å². The molecule has 0 aliphatic heterocycles. The number of aryl methyl sites for hydroxylation is 2. The van der Waals surface area contributed by atoms with Gasteiger partial charge in [-0.2, -0.15) is 0 Å². The Hall–Kier alpha value is -0.370. The summed E-state index contributed by atoms with van der Waals surface area (Å²) in [6.07, 6.45) is 21.8.